The maximum Gasteiger partial charge on any atom is 0.157 e. The van der Waals surface area contributed by atoms with Gasteiger partial charge < -0.3 is 5.32 Å². The maximum absolute atomic E-state index is 13.6. The molecule has 1 aliphatic carbocycles. The van der Waals surface area contributed by atoms with Crippen LogP contribution in [0.1, 0.15) is 41.5 Å². The summed E-state index contributed by atoms with van der Waals surface area (Å²) >= 11 is 1.75. The highest BCUT2D eigenvalue weighted by atomic mass is 32.2. The summed E-state index contributed by atoms with van der Waals surface area (Å²) in [6, 6.07) is 12.2. The van der Waals surface area contributed by atoms with Gasteiger partial charge in [-0.15, -0.1) is 0 Å². The first-order valence-corrected chi connectivity index (χ1v) is 9.18. The van der Waals surface area contributed by atoms with Gasteiger partial charge in [-0.1, -0.05) is 36.0 Å². The van der Waals surface area contributed by atoms with Crippen LogP contribution in [0.25, 0.3) is 0 Å². The Morgan fingerprint density at radius 2 is 1.75 bits per heavy atom. The van der Waals surface area contributed by atoms with Gasteiger partial charge in [0.15, 0.2) is 5.17 Å². The van der Waals surface area contributed by atoms with Crippen molar-refractivity contribution in [2.45, 2.75) is 24.8 Å². The summed E-state index contributed by atoms with van der Waals surface area (Å²) in [6.45, 7) is 0.868. The summed E-state index contributed by atoms with van der Waals surface area (Å²) in [5.74, 6) is 0.0310. The highest BCUT2D eigenvalue weighted by molar-refractivity contribution is 8.14. The lowest BCUT2D eigenvalue weighted by Gasteiger charge is -2.32. The molecule has 0 saturated heterocycles. The first kappa shape index (κ1) is 15.6. The van der Waals surface area contributed by atoms with E-state index in [1.807, 2.05) is 12.1 Å². The molecule has 0 radical (unpaired) electrons. The van der Waals surface area contributed by atoms with E-state index in [1.165, 1.54) is 17.7 Å². The zero-order valence-electron chi connectivity index (χ0n) is 13.1. The SMILES string of the molecule is Fc1cc(F)cc(C2CCC(NC3=NCCS3)c3ccccc32)c1. The zero-order valence-corrected chi connectivity index (χ0v) is 14.0. The van der Waals surface area contributed by atoms with Gasteiger partial charge in [0.25, 0.3) is 0 Å². The van der Waals surface area contributed by atoms with E-state index >= 15 is 0 Å². The molecule has 1 aliphatic heterocycles. The Morgan fingerprint density at radius 3 is 2.46 bits per heavy atom. The lowest BCUT2D eigenvalue weighted by molar-refractivity contribution is 0.493. The molecule has 0 aromatic heterocycles. The Hall–Kier alpha value is -1.88. The minimum absolute atomic E-state index is 0.0302. The molecule has 24 heavy (non-hydrogen) atoms. The topological polar surface area (TPSA) is 24.4 Å². The van der Waals surface area contributed by atoms with Crippen molar-refractivity contribution in [3.05, 3.63) is 70.8 Å². The molecule has 124 valence electrons. The summed E-state index contributed by atoms with van der Waals surface area (Å²) in [5, 5.41) is 4.54. The molecule has 2 aromatic rings. The van der Waals surface area contributed by atoms with E-state index in [1.54, 1.807) is 11.8 Å². The van der Waals surface area contributed by atoms with Crippen LogP contribution in [0.3, 0.4) is 0 Å². The Balaban J connectivity index is 1.68. The van der Waals surface area contributed by atoms with Crippen molar-refractivity contribution in [3.63, 3.8) is 0 Å². The molecular weight excluding hydrogens is 326 g/mol. The van der Waals surface area contributed by atoms with Gasteiger partial charge in [0.05, 0.1) is 12.6 Å². The van der Waals surface area contributed by atoms with Crippen LogP contribution in [0.2, 0.25) is 0 Å². The van der Waals surface area contributed by atoms with Crippen LogP contribution in [0.4, 0.5) is 8.78 Å². The van der Waals surface area contributed by atoms with Crippen LogP contribution < -0.4 is 5.32 Å². The van der Waals surface area contributed by atoms with Gasteiger partial charge >= 0.3 is 0 Å². The number of halogens is 2. The molecular formula is C19H18F2N2S. The molecule has 1 heterocycles. The van der Waals surface area contributed by atoms with Gasteiger partial charge in [-0.2, -0.15) is 0 Å². The maximum atomic E-state index is 13.6. The number of rotatable bonds is 2. The minimum Gasteiger partial charge on any atom is -0.358 e. The molecule has 2 aromatic carbocycles. The number of aliphatic imine (C=N–C) groups is 1. The molecule has 1 N–H and O–H groups in total. The molecule has 2 atom stereocenters. The summed E-state index contributed by atoms with van der Waals surface area (Å²) in [6.07, 6.45) is 1.77. The Kier molecular flexibility index (Phi) is 4.27. The summed E-state index contributed by atoms with van der Waals surface area (Å²) in [7, 11) is 0. The van der Waals surface area contributed by atoms with Crippen LogP contribution in [-0.4, -0.2) is 17.5 Å². The fourth-order valence-electron chi connectivity index (χ4n) is 3.63. The second kappa shape index (κ2) is 6.55. The molecule has 0 spiro atoms. The average molecular weight is 344 g/mol. The molecule has 0 amide bonds. The number of hydrogen-bond acceptors (Lipinski definition) is 3. The molecule has 5 heteroatoms. The van der Waals surface area contributed by atoms with Gasteiger partial charge in [-0.05, 0) is 41.7 Å². The van der Waals surface area contributed by atoms with Crippen molar-refractivity contribution in [3.8, 4) is 0 Å². The van der Waals surface area contributed by atoms with Crippen molar-refractivity contribution >= 4 is 16.9 Å². The number of amidine groups is 1. The first-order chi connectivity index (χ1) is 11.7. The summed E-state index contributed by atoms with van der Waals surface area (Å²) in [4.78, 5) is 4.47. The number of nitrogens with one attached hydrogen (secondary N) is 1. The van der Waals surface area contributed by atoms with E-state index in [0.29, 0.717) is 5.56 Å². The van der Waals surface area contributed by atoms with Crippen molar-refractivity contribution in [2.75, 3.05) is 12.3 Å². The minimum atomic E-state index is -0.514. The average Bonchev–Trinajstić information content (AvgIpc) is 3.07. The number of thioether (sulfide) groups is 1. The Labute approximate surface area is 144 Å². The van der Waals surface area contributed by atoms with E-state index in [4.69, 9.17) is 0 Å². The largest absolute Gasteiger partial charge is 0.358 e. The van der Waals surface area contributed by atoms with Crippen LogP contribution in [0.5, 0.6) is 0 Å². The molecule has 2 unspecified atom stereocenters. The number of nitrogens with zero attached hydrogens (tertiary/aromatic N) is 1. The molecule has 0 saturated carbocycles. The molecule has 2 nitrogen and oxygen atoms in total. The zero-order chi connectivity index (χ0) is 16.5. The lowest BCUT2D eigenvalue weighted by atomic mass is 9.77. The number of benzene rings is 2. The quantitative estimate of drug-likeness (QED) is 0.859. The molecule has 0 fully saturated rings. The highest BCUT2D eigenvalue weighted by Gasteiger charge is 2.29. The van der Waals surface area contributed by atoms with Gasteiger partial charge in [0.1, 0.15) is 11.6 Å². The predicted octanol–water partition coefficient (Wildman–Crippen LogP) is 4.62. The van der Waals surface area contributed by atoms with E-state index in [-0.39, 0.29) is 12.0 Å². The Morgan fingerprint density at radius 1 is 1.00 bits per heavy atom. The van der Waals surface area contributed by atoms with Crippen molar-refractivity contribution in [1.82, 2.24) is 5.32 Å². The van der Waals surface area contributed by atoms with Crippen molar-refractivity contribution < 1.29 is 8.78 Å². The second-order valence-electron chi connectivity index (χ2n) is 6.19. The monoisotopic (exact) mass is 344 g/mol. The van der Waals surface area contributed by atoms with E-state index < -0.39 is 11.6 Å². The van der Waals surface area contributed by atoms with Crippen LogP contribution >= 0.6 is 11.8 Å². The van der Waals surface area contributed by atoms with E-state index in [0.717, 1.165) is 41.9 Å². The van der Waals surface area contributed by atoms with Gasteiger partial charge in [-0.25, -0.2) is 8.78 Å². The first-order valence-electron chi connectivity index (χ1n) is 8.19. The van der Waals surface area contributed by atoms with Gasteiger partial charge in [0, 0.05) is 17.7 Å². The van der Waals surface area contributed by atoms with E-state index in [2.05, 4.69) is 22.4 Å². The summed E-state index contributed by atoms with van der Waals surface area (Å²) < 4.78 is 27.3. The standard InChI is InChI=1S/C19H18F2N2S/c20-13-9-12(10-14(21)11-13)15-5-6-18(23-19-22-7-8-24-19)17-4-2-1-3-16(15)17/h1-4,9-11,15,18H,5-8H2,(H,22,23). The van der Waals surface area contributed by atoms with Crippen LogP contribution in [0.15, 0.2) is 47.5 Å². The van der Waals surface area contributed by atoms with Crippen molar-refractivity contribution in [2.24, 2.45) is 4.99 Å². The third-order valence-corrected chi connectivity index (χ3v) is 5.57. The molecule has 4 rings (SSSR count). The van der Waals surface area contributed by atoms with Crippen molar-refractivity contribution in [1.29, 1.82) is 0 Å². The molecule has 2 aliphatic rings. The van der Waals surface area contributed by atoms with Crippen LogP contribution in [0, 0.1) is 11.6 Å². The fourth-order valence-corrected chi connectivity index (χ4v) is 4.42. The lowest BCUT2D eigenvalue weighted by Crippen LogP contribution is -2.29. The van der Waals surface area contributed by atoms with Gasteiger partial charge in [0.2, 0.25) is 0 Å². The molecule has 0 bridgehead atoms. The number of fused-ring (bicyclic) bond motifs is 1. The number of hydrogen-bond donors (Lipinski definition) is 1. The normalized spacial score (nSPS) is 22.8. The fraction of sp³-hybridized carbons (Fsp3) is 0.316. The Bertz CT molecular complexity index is 770. The van der Waals surface area contributed by atoms with Gasteiger partial charge in [-0.3, -0.25) is 4.99 Å². The third kappa shape index (κ3) is 3.05. The van der Waals surface area contributed by atoms with E-state index in [9.17, 15) is 8.78 Å². The highest BCUT2D eigenvalue weighted by Crippen LogP contribution is 2.41. The van der Waals surface area contributed by atoms with Crippen LogP contribution in [-0.2, 0) is 0 Å². The third-order valence-electron chi connectivity index (χ3n) is 4.66. The second-order valence-corrected chi connectivity index (χ2v) is 7.28. The summed E-state index contributed by atoms with van der Waals surface area (Å²) in [5.41, 5.74) is 3.06. The smallest absolute Gasteiger partial charge is 0.157 e. The predicted molar refractivity (Wildman–Crippen MR) is 94.5 cm³/mol.